The molecule has 1 aliphatic rings. The Balaban J connectivity index is 0.00000242. The highest BCUT2D eigenvalue weighted by Crippen LogP contribution is 2.27. The van der Waals surface area contributed by atoms with Crippen LogP contribution in [0.3, 0.4) is 0 Å². The maximum atomic E-state index is 12.6. The van der Waals surface area contributed by atoms with Crippen molar-refractivity contribution in [3.63, 3.8) is 0 Å². The van der Waals surface area contributed by atoms with Gasteiger partial charge in [-0.15, -0.1) is 12.4 Å². The third-order valence-electron chi connectivity index (χ3n) is 4.10. The van der Waals surface area contributed by atoms with E-state index in [1.54, 1.807) is 0 Å². The summed E-state index contributed by atoms with van der Waals surface area (Å²) < 4.78 is 0.817. The lowest BCUT2D eigenvalue weighted by molar-refractivity contribution is 0.0683. The van der Waals surface area contributed by atoms with Gasteiger partial charge in [0.15, 0.2) is 5.69 Å². The Morgan fingerprint density at radius 1 is 1.45 bits per heavy atom. The fourth-order valence-electron chi connectivity index (χ4n) is 2.70. The minimum atomic E-state index is 0. The number of halogens is 2. The van der Waals surface area contributed by atoms with Gasteiger partial charge in [-0.2, -0.15) is 5.10 Å². The smallest absolute Gasteiger partial charge is 0.275 e. The highest BCUT2D eigenvalue weighted by atomic mass is 79.9. The summed E-state index contributed by atoms with van der Waals surface area (Å²) in [4.78, 5) is 14.5. The van der Waals surface area contributed by atoms with Crippen molar-refractivity contribution in [1.29, 1.82) is 0 Å². The number of aromatic amines is 1. The molecule has 0 aliphatic carbocycles. The molecule has 22 heavy (non-hydrogen) atoms. The molecule has 0 bridgehead atoms. The van der Waals surface area contributed by atoms with Crippen LogP contribution in [0.5, 0.6) is 0 Å². The van der Waals surface area contributed by atoms with Gasteiger partial charge in [-0.3, -0.25) is 9.89 Å². The van der Waals surface area contributed by atoms with E-state index in [1.165, 1.54) is 0 Å². The number of hydrogen-bond donors (Lipinski definition) is 2. The second-order valence-electron chi connectivity index (χ2n) is 6.00. The first-order valence-electron chi connectivity index (χ1n) is 7.78. The molecule has 0 unspecified atom stereocenters. The Bertz CT molecular complexity index is 484. The highest BCUT2D eigenvalue weighted by molar-refractivity contribution is 9.10. The summed E-state index contributed by atoms with van der Waals surface area (Å²) >= 11 is 3.51. The van der Waals surface area contributed by atoms with Crippen molar-refractivity contribution in [2.75, 3.05) is 26.2 Å². The fourth-order valence-corrected chi connectivity index (χ4v) is 3.51. The molecule has 1 fully saturated rings. The molecule has 5 nitrogen and oxygen atoms in total. The van der Waals surface area contributed by atoms with Crippen LogP contribution in [0.2, 0.25) is 0 Å². The molecule has 0 aromatic carbocycles. The van der Waals surface area contributed by atoms with E-state index in [4.69, 9.17) is 0 Å². The minimum absolute atomic E-state index is 0. The molecule has 2 heterocycles. The molecule has 1 aromatic rings. The first-order valence-corrected chi connectivity index (χ1v) is 8.57. The van der Waals surface area contributed by atoms with Gasteiger partial charge < -0.3 is 10.2 Å². The van der Waals surface area contributed by atoms with Gasteiger partial charge in [-0.05, 0) is 53.7 Å². The zero-order valence-electron chi connectivity index (χ0n) is 13.5. The van der Waals surface area contributed by atoms with E-state index in [0.29, 0.717) is 17.5 Å². The van der Waals surface area contributed by atoms with E-state index >= 15 is 0 Å². The van der Waals surface area contributed by atoms with Gasteiger partial charge in [0.2, 0.25) is 0 Å². The van der Waals surface area contributed by atoms with Gasteiger partial charge in [0.1, 0.15) is 0 Å². The number of rotatable bonds is 5. The lowest BCUT2D eigenvalue weighted by Crippen LogP contribution is -2.41. The van der Waals surface area contributed by atoms with Crippen LogP contribution in [0, 0.1) is 5.92 Å². The van der Waals surface area contributed by atoms with E-state index in [9.17, 15) is 4.79 Å². The average Bonchev–Trinajstić information content (AvgIpc) is 2.87. The summed E-state index contributed by atoms with van der Waals surface area (Å²) in [5.74, 6) is 1.04. The third kappa shape index (κ3) is 4.46. The predicted octanol–water partition coefficient (Wildman–Crippen LogP) is 3.18. The van der Waals surface area contributed by atoms with Crippen LogP contribution in [0.4, 0.5) is 0 Å². The van der Waals surface area contributed by atoms with Crippen LogP contribution in [0.25, 0.3) is 0 Å². The maximum Gasteiger partial charge on any atom is 0.275 e. The molecule has 0 saturated carbocycles. The third-order valence-corrected chi connectivity index (χ3v) is 4.90. The minimum Gasteiger partial charge on any atom is -0.337 e. The predicted molar refractivity (Wildman–Crippen MR) is 94.8 cm³/mol. The number of nitrogens with zero attached hydrogens (tertiary/aromatic N) is 2. The van der Waals surface area contributed by atoms with Crippen LogP contribution in [0.15, 0.2) is 4.47 Å². The first-order chi connectivity index (χ1) is 10.0. The molecule has 2 N–H and O–H groups in total. The van der Waals surface area contributed by atoms with Crippen LogP contribution in [0.1, 0.15) is 55.7 Å². The standard InChI is InChI=1S/C15H25BrN4O.ClH/c1-4-17-9-11-5-7-20(8-6-11)15(21)14-12(16)13(10(2)3)18-19-14;/h10-11,17H,4-9H2,1-3H3,(H,18,19);1H. The molecule has 126 valence electrons. The molecular formula is C15H26BrClN4O. The molecule has 1 amide bonds. The Kier molecular flexibility index (Phi) is 7.86. The van der Waals surface area contributed by atoms with E-state index in [0.717, 1.165) is 49.2 Å². The summed E-state index contributed by atoms with van der Waals surface area (Å²) in [6.07, 6.45) is 2.13. The summed E-state index contributed by atoms with van der Waals surface area (Å²) in [6.45, 7) is 10.0. The lowest BCUT2D eigenvalue weighted by Gasteiger charge is -2.31. The second kappa shape index (κ2) is 8.89. The number of nitrogens with one attached hydrogen (secondary N) is 2. The van der Waals surface area contributed by atoms with Gasteiger partial charge in [-0.25, -0.2) is 0 Å². The normalized spacial score (nSPS) is 16.0. The van der Waals surface area contributed by atoms with Crippen LogP contribution >= 0.6 is 28.3 Å². The summed E-state index contributed by atoms with van der Waals surface area (Å²) in [5.41, 5.74) is 1.50. The molecule has 1 aromatic heterocycles. The molecule has 0 atom stereocenters. The molecule has 0 spiro atoms. The Morgan fingerprint density at radius 2 is 2.09 bits per heavy atom. The van der Waals surface area contributed by atoms with Crippen molar-refractivity contribution in [2.45, 2.75) is 39.5 Å². The number of carbonyl (C=O) groups excluding carboxylic acids is 1. The molecule has 7 heteroatoms. The molecule has 1 saturated heterocycles. The largest absolute Gasteiger partial charge is 0.337 e. The monoisotopic (exact) mass is 392 g/mol. The van der Waals surface area contributed by atoms with Crippen molar-refractivity contribution in [1.82, 2.24) is 20.4 Å². The van der Waals surface area contributed by atoms with E-state index in [-0.39, 0.29) is 18.3 Å². The highest BCUT2D eigenvalue weighted by Gasteiger charge is 2.27. The summed E-state index contributed by atoms with van der Waals surface area (Å²) in [7, 11) is 0. The van der Waals surface area contributed by atoms with Crippen LogP contribution in [-0.2, 0) is 0 Å². The fraction of sp³-hybridized carbons (Fsp3) is 0.733. The van der Waals surface area contributed by atoms with Crippen LogP contribution in [-0.4, -0.2) is 47.2 Å². The van der Waals surface area contributed by atoms with E-state index in [1.807, 2.05) is 4.90 Å². The number of H-pyrrole nitrogens is 1. The number of amides is 1. The Labute approximate surface area is 147 Å². The van der Waals surface area contributed by atoms with Gasteiger partial charge in [-0.1, -0.05) is 20.8 Å². The van der Waals surface area contributed by atoms with Gasteiger partial charge in [0, 0.05) is 13.1 Å². The van der Waals surface area contributed by atoms with E-state index < -0.39 is 0 Å². The number of carbonyl (C=O) groups is 1. The van der Waals surface area contributed by atoms with Gasteiger partial charge in [0.05, 0.1) is 10.2 Å². The van der Waals surface area contributed by atoms with Crippen molar-refractivity contribution in [3.05, 3.63) is 15.9 Å². The molecular weight excluding hydrogens is 368 g/mol. The SMILES string of the molecule is CCNCC1CCN(C(=O)c2n[nH]c(C(C)C)c2Br)CC1.Cl. The summed E-state index contributed by atoms with van der Waals surface area (Å²) in [6, 6.07) is 0. The lowest BCUT2D eigenvalue weighted by atomic mass is 9.96. The number of piperidine rings is 1. The van der Waals surface area contributed by atoms with Gasteiger partial charge >= 0.3 is 0 Å². The van der Waals surface area contributed by atoms with E-state index in [2.05, 4.69) is 52.2 Å². The molecule has 1 aliphatic heterocycles. The van der Waals surface area contributed by atoms with Gasteiger partial charge in [0.25, 0.3) is 5.91 Å². The van der Waals surface area contributed by atoms with Crippen LogP contribution < -0.4 is 5.32 Å². The number of hydrogen-bond acceptors (Lipinski definition) is 3. The molecule has 0 radical (unpaired) electrons. The van der Waals surface area contributed by atoms with Crippen molar-refractivity contribution < 1.29 is 4.79 Å². The summed E-state index contributed by atoms with van der Waals surface area (Å²) in [5, 5.41) is 10.6. The maximum absolute atomic E-state index is 12.6. The number of likely N-dealkylation sites (tertiary alicyclic amines) is 1. The Hall–Kier alpha value is -0.590. The second-order valence-corrected chi connectivity index (χ2v) is 6.79. The zero-order chi connectivity index (χ0) is 15.4. The van der Waals surface area contributed by atoms with Crippen molar-refractivity contribution in [3.8, 4) is 0 Å². The number of aromatic nitrogens is 2. The first kappa shape index (κ1) is 19.5. The average molecular weight is 394 g/mol. The van der Waals surface area contributed by atoms with Crippen molar-refractivity contribution in [2.24, 2.45) is 5.92 Å². The topological polar surface area (TPSA) is 61.0 Å². The Morgan fingerprint density at radius 3 is 2.59 bits per heavy atom. The zero-order valence-corrected chi connectivity index (χ0v) is 15.9. The quantitative estimate of drug-likeness (QED) is 0.807. The van der Waals surface area contributed by atoms with Crippen molar-refractivity contribution >= 4 is 34.2 Å². The molecule has 2 rings (SSSR count).